The predicted molar refractivity (Wildman–Crippen MR) is 94.2 cm³/mol. The summed E-state index contributed by atoms with van der Waals surface area (Å²) in [4.78, 5) is -3.56. The maximum Gasteiger partial charge on any atom is 0.341 e. The highest BCUT2D eigenvalue weighted by atomic mass is 32.2. The van der Waals surface area contributed by atoms with Crippen molar-refractivity contribution in [1.82, 2.24) is 0 Å². The highest BCUT2D eigenvalue weighted by Crippen LogP contribution is 2.37. The number of rotatable bonds is 7. The Morgan fingerprint density at radius 3 is 2.26 bits per heavy atom. The van der Waals surface area contributed by atoms with Crippen LogP contribution in [-0.4, -0.2) is 36.4 Å². The van der Waals surface area contributed by atoms with Gasteiger partial charge in [0, 0.05) is 5.39 Å². The third kappa shape index (κ3) is 4.12. The second-order valence-electron chi connectivity index (χ2n) is 4.87. The Morgan fingerprint density at radius 1 is 1.07 bits per heavy atom. The standard InChI is InChI=1S/C15H12O9S3/c1-3-9-24-26(19,20)14-12-8-6-5-7-11(12)10-13(25(16,17)18)15(14)27(21,22)23-4-2/h1,4-8,10H,2,9H2,(H,16,17,18). The number of hydrogen-bond donors (Lipinski definition) is 1. The molecule has 0 aliphatic carbocycles. The van der Waals surface area contributed by atoms with E-state index in [4.69, 9.17) is 6.42 Å². The summed E-state index contributed by atoms with van der Waals surface area (Å²) in [7, 11) is -15.1. The van der Waals surface area contributed by atoms with Gasteiger partial charge in [-0.2, -0.15) is 25.3 Å². The highest BCUT2D eigenvalue weighted by molar-refractivity contribution is 7.91. The Bertz CT molecular complexity index is 1270. The molecule has 144 valence electrons. The van der Waals surface area contributed by atoms with Gasteiger partial charge in [0.25, 0.3) is 20.2 Å². The molecule has 0 unspecified atom stereocenters. The van der Waals surface area contributed by atoms with Gasteiger partial charge in [0.05, 0.1) is 6.26 Å². The van der Waals surface area contributed by atoms with E-state index in [9.17, 15) is 29.8 Å². The first-order valence-corrected chi connectivity index (χ1v) is 11.1. The molecule has 2 rings (SSSR count). The van der Waals surface area contributed by atoms with Crippen LogP contribution in [0, 0.1) is 12.3 Å². The molecule has 0 bridgehead atoms. The monoisotopic (exact) mass is 432 g/mol. The predicted octanol–water partition coefficient (Wildman–Crippen LogP) is 1.27. The molecule has 0 saturated heterocycles. The molecule has 0 atom stereocenters. The van der Waals surface area contributed by atoms with Crippen LogP contribution < -0.4 is 0 Å². The first kappa shape index (κ1) is 20.9. The molecule has 2 aromatic carbocycles. The Balaban J connectivity index is 3.19. The molecule has 0 amide bonds. The van der Waals surface area contributed by atoms with Crippen molar-refractivity contribution < 1.29 is 38.2 Å². The molecule has 1 N–H and O–H groups in total. The maximum absolute atomic E-state index is 12.6. The second kappa shape index (κ2) is 7.29. The smallest absolute Gasteiger partial charge is 0.341 e. The molecule has 0 heterocycles. The summed E-state index contributed by atoms with van der Waals surface area (Å²) in [5, 5.41) is -0.182. The van der Waals surface area contributed by atoms with Gasteiger partial charge < -0.3 is 4.18 Å². The van der Waals surface area contributed by atoms with Crippen LogP contribution in [0.2, 0.25) is 0 Å². The maximum atomic E-state index is 12.6. The van der Waals surface area contributed by atoms with Gasteiger partial charge in [-0.3, -0.25) is 8.74 Å². The highest BCUT2D eigenvalue weighted by Gasteiger charge is 2.37. The summed E-state index contributed by atoms with van der Waals surface area (Å²) in [6, 6.07) is 6.17. The van der Waals surface area contributed by atoms with Crippen LogP contribution in [0.25, 0.3) is 10.8 Å². The minimum absolute atomic E-state index is 0.00515. The average Bonchev–Trinajstić information content (AvgIpc) is 2.57. The summed E-state index contributed by atoms with van der Waals surface area (Å²) < 4.78 is 92.1. The number of benzene rings is 2. The van der Waals surface area contributed by atoms with E-state index in [-0.39, 0.29) is 10.8 Å². The zero-order valence-electron chi connectivity index (χ0n) is 13.4. The number of fused-ring (bicyclic) bond motifs is 1. The van der Waals surface area contributed by atoms with Crippen LogP contribution in [0.1, 0.15) is 0 Å². The van der Waals surface area contributed by atoms with Crippen LogP contribution in [0.5, 0.6) is 0 Å². The zero-order chi connectivity index (χ0) is 20.5. The lowest BCUT2D eigenvalue weighted by atomic mass is 10.1. The SMILES string of the molecule is C#CCOS(=O)(=O)c1c(S(=O)(=O)OC=C)c(S(=O)(=O)O)cc2ccccc12. The Hall–Kier alpha value is -2.43. The minimum Gasteiger partial charge on any atom is -0.388 e. The van der Waals surface area contributed by atoms with Crippen molar-refractivity contribution in [3.05, 3.63) is 43.2 Å². The quantitative estimate of drug-likeness (QED) is 0.296. The van der Waals surface area contributed by atoms with Gasteiger partial charge in [0.15, 0.2) is 0 Å². The van der Waals surface area contributed by atoms with Crippen molar-refractivity contribution in [3.63, 3.8) is 0 Å². The molecule has 0 aliphatic heterocycles. The van der Waals surface area contributed by atoms with E-state index < -0.39 is 51.6 Å². The summed E-state index contributed by atoms with van der Waals surface area (Å²) in [5.74, 6) is 1.90. The molecule has 0 radical (unpaired) electrons. The number of hydrogen-bond acceptors (Lipinski definition) is 8. The normalized spacial score (nSPS) is 12.4. The van der Waals surface area contributed by atoms with Crippen molar-refractivity contribution >= 4 is 41.1 Å². The van der Waals surface area contributed by atoms with Crippen LogP contribution in [0.3, 0.4) is 0 Å². The van der Waals surface area contributed by atoms with E-state index in [1.807, 2.05) is 5.92 Å². The first-order chi connectivity index (χ1) is 12.5. The molecule has 0 fully saturated rings. The minimum atomic E-state index is -5.18. The van der Waals surface area contributed by atoms with E-state index in [2.05, 4.69) is 14.9 Å². The topological polar surface area (TPSA) is 141 Å². The van der Waals surface area contributed by atoms with E-state index in [0.29, 0.717) is 6.26 Å². The fourth-order valence-corrected chi connectivity index (χ4v) is 6.22. The fraction of sp³-hybridized carbons (Fsp3) is 0.0667. The van der Waals surface area contributed by atoms with Crippen molar-refractivity contribution in [2.24, 2.45) is 0 Å². The third-order valence-corrected chi connectivity index (χ3v) is 6.99. The van der Waals surface area contributed by atoms with Gasteiger partial charge in [-0.15, -0.1) is 6.42 Å². The van der Waals surface area contributed by atoms with Gasteiger partial charge in [0.1, 0.15) is 21.3 Å². The lowest BCUT2D eigenvalue weighted by Crippen LogP contribution is -2.18. The van der Waals surface area contributed by atoms with Crippen molar-refractivity contribution in [3.8, 4) is 12.3 Å². The Kier molecular flexibility index (Phi) is 5.64. The van der Waals surface area contributed by atoms with Gasteiger partial charge in [-0.25, -0.2) is 0 Å². The van der Waals surface area contributed by atoms with Gasteiger partial charge in [-0.05, 0) is 11.5 Å². The Labute approximate surface area is 156 Å². The van der Waals surface area contributed by atoms with Crippen molar-refractivity contribution in [2.45, 2.75) is 14.7 Å². The lowest BCUT2D eigenvalue weighted by Gasteiger charge is -2.15. The molecule has 0 aliphatic rings. The van der Waals surface area contributed by atoms with E-state index in [1.54, 1.807) is 0 Å². The summed E-state index contributed by atoms with van der Waals surface area (Å²) in [5.41, 5.74) is 0. The van der Waals surface area contributed by atoms with E-state index in [0.717, 1.165) is 6.07 Å². The van der Waals surface area contributed by atoms with E-state index in [1.165, 1.54) is 24.3 Å². The number of terminal acetylenes is 1. The molecule has 0 aromatic heterocycles. The summed E-state index contributed by atoms with van der Waals surface area (Å²) in [6.45, 7) is 2.30. The largest absolute Gasteiger partial charge is 0.388 e. The van der Waals surface area contributed by atoms with Crippen LogP contribution in [0.4, 0.5) is 0 Å². The average molecular weight is 432 g/mol. The molecule has 2 aromatic rings. The zero-order valence-corrected chi connectivity index (χ0v) is 15.8. The van der Waals surface area contributed by atoms with E-state index >= 15 is 0 Å². The third-order valence-electron chi connectivity index (χ3n) is 3.19. The molecular formula is C15H12O9S3. The molecular weight excluding hydrogens is 420 g/mol. The molecule has 9 nitrogen and oxygen atoms in total. The molecule has 0 saturated carbocycles. The van der Waals surface area contributed by atoms with Crippen LogP contribution in [-0.2, 0) is 38.7 Å². The van der Waals surface area contributed by atoms with Crippen molar-refractivity contribution in [2.75, 3.05) is 6.61 Å². The van der Waals surface area contributed by atoms with Crippen molar-refractivity contribution in [1.29, 1.82) is 0 Å². The lowest BCUT2D eigenvalue weighted by molar-refractivity contribution is 0.361. The molecule has 27 heavy (non-hydrogen) atoms. The van der Waals surface area contributed by atoms with Gasteiger partial charge in [0.2, 0.25) is 0 Å². The fourth-order valence-electron chi connectivity index (χ4n) is 2.26. The van der Waals surface area contributed by atoms with Gasteiger partial charge >= 0.3 is 10.1 Å². The summed E-state index contributed by atoms with van der Waals surface area (Å²) >= 11 is 0. The second-order valence-corrected chi connectivity index (χ2v) is 9.32. The van der Waals surface area contributed by atoms with Gasteiger partial charge in [-0.1, -0.05) is 36.8 Å². The molecule has 12 heteroatoms. The molecule has 0 spiro atoms. The summed E-state index contributed by atoms with van der Waals surface area (Å²) in [6.07, 6.45) is 5.42. The Morgan fingerprint density at radius 2 is 1.70 bits per heavy atom. The van der Waals surface area contributed by atoms with Crippen LogP contribution in [0.15, 0.2) is 57.9 Å². The van der Waals surface area contributed by atoms with Crippen LogP contribution >= 0.6 is 0 Å². The first-order valence-electron chi connectivity index (χ1n) is 6.86.